The minimum Gasteiger partial charge on any atom is -0.366 e. The maximum absolute atomic E-state index is 11.8. The summed E-state index contributed by atoms with van der Waals surface area (Å²) in [5.74, 6) is -0.791. The topological polar surface area (TPSA) is 86.2 Å². The van der Waals surface area contributed by atoms with Crippen molar-refractivity contribution in [2.24, 2.45) is 5.73 Å². The summed E-state index contributed by atoms with van der Waals surface area (Å²) in [4.78, 5) is 22.2. The Labute approximate surface area is 138 Å². The second-order valence-corrected chi connectivity index (χ2v) is 5.68. The zero-order valence-corrected chi connectivity index (χ0v) is 13.1. The Balaban J connectivity index is 2.17. The summed E-state index contributed by atoms with van der Waals surface area (Å²) in [7, 11) is 0. The number of nitro benzene ring substituents is 1. The molecule has 2 N–H and O–H groups in total. The molecule has 1 unspecified atom stereocenters. The predicted octanol–water partition coefficient (Wildman–Crippen LogP) is 4.00. The summed E-state index contributed by atoms with van der Waals surface area (Å²) in [6.45, 7) is 1.97. The molecular weight excluding hydrogens is 304 g/mol. The van der Waals surface area contributed by atoms with E-state index in [1.54, 1.807) is 6.07 Å². The van der Waals surface area contributed by atoms with E-state index < -0.39 is 10.8 Å². The van der Waals surface area contributed by atoms with Crippen LogP contribution in [0.5, 0.6) is 0 Å². The number of nitrogens with two attached hydrogens (primary N) is 1. The molecule has 0 aromatic heterocycles. The quantitative estimate of drug-likeness (QED) is 0.582. The molecule has 0 saturated carbocycles. The van der Waals surface area contributed by atoms with Crippen LogP contribution in [0.15, 0.2) is 60.7 Å². The zero-order chi connectivity index (χ0) is 17.3. The van der Waals surface area contributed by atoms with Gasteiger partial charge in [0.15, 0.2) is 0 Å². The number of nitro groups is 1. The molecule has 5 heteroatoms. The van der Waals surface area contributed by atoms with Gasteiger partial charge < -0.3 is 5.73 Å². The minimum atomic E-state index is -0.666. The van der Waals surface area contributed by atoms with Crippen molar-refractivity contribution in [3.8, 4) is 0 Å². The lowest BCUT2D eigenvalue weighted by atomic mass is 9.86. The summed E-state index contributed by atoms with van der Waals surface area (Å²) < 4.78 is 0. The summed E-state index contributed by atoms with van der Waals surface area (Å²) in [5.41, 5.74) is 7.22. The summed E-state index contributed by atoms with van der Waals surface area (Å²) in [5, 5.41) is 13.1. The van der Waals surface area contributed by atoms with Crippen molar-refractivity contribution in [1.29, 1.82) is 0 Å². The van der Waals surface area contributed by atoms with Gasteiger partial charge in [-0.05, 0) is 21.9 Å². The third-order valence-electron chi connectivity index (χ3n) is 4.27. The van der Waals surface area contributed by atoms with Crippen molar-refractivity contribution in [2.75, 3.05) is 0 Å². The molecule has 5 nitrogen and oxygen atoms in total. The van der Waals surface area contributed by atoms with Crippen molar-refractivity contribution < 1.29 is 9.72 Å². The molecule has 0 aliphatic carbocycles. The van der Waals surface area contributed by atoms with Gasteiger partial charge >= 0.3 is 0 Å². The average Bonchev–Trinajstić information content (AvgIpc) is 2.60. The van der Waals surface area contributed by atoms with Crippen LogP contribution in [0.2, 0.25) is 0 Å². The standard InChI is InChI=1S/C19H16N2O3/c1-12(15-8-4-6-13-5-2-3-7-17(13)15)16-10-9-14(21(23)24)11-18(16)19(20)22/h2-12H,1H3,(H2,20,22). The fourth-order valence-corrected chi connectivity index (χ4v) is 3.04. The zero-order valence-electron chi connectivity index (χ0n) is 13.1. The number of primary amides is 1. The Hall–Kier alpha value is -3.21. The van der Waals surface area contributed by atoms with Gasteiger partial charge in [0.1, 0.15) is 0 Å². The van der Waals surface area contributed by atoms with Gasteiger partial charge in [-0.15, -0.1) is 0 Å². The molecule has 0 spiro atoms. The number of carbonyl (C=O) groups is 1. The highest BCUT2D eigenvalue weighted by Crippen LogP contribution is 2.33. The van der Waals surface area contributed by atoms with Crippen molar-refractivity contribution in [1.82, 2.24) is 0 Å². The van der Waals surface area contributed by atoms with Crippen LogP contribution in [0, 0.1) is 10.1 Å². The van der Waals surface area contributed by atoms with Crippen molar-refractivity contribution in [3.63, 3.8) is 0 Å². The molecule has 0 heterocycles. The number of hydrogen-bond donors (Lipinski definition) is 1. The highest BCUT2D eigenvalue weighted by Gasteiger charge is 2.20. The molecule has 0 bridgehead atoms. The second-order valence-electron chi connectivity index (χ2n) is 5.68. The molecule has 1 atom stereocenters. The fourth-order valence-electron chi connectivity index (χ4n) is 3.04. The SMILES string of the molecule is CC(c1ccc([N+](=O)[O-])cc1C(N)=O)c1cccc2ccccc12. The van der Waals surface area contributed by atoms with Gasteiger partial charge in [0, 0.05) is 23.6 Å². The van der Waals surface area contributed by atoms with Gasteiger partial charge in [0.05, 0.1) is 4.92 Å². The van der Waals surface area contributed by atoms with Gasteiger partial charge in [-0.25, -0.2) is 0 Å². The molecule has 0 saturated heterocycles. The number of rotatable bonds is 4. The second kappa shape index (κ2) is 6.12. The Morgan fingerprint density at radius 2 is 1.75 bits per heavy atom. The van der Waals surface area contributed by atoms with Crippen molar-refractivity contribution in [3.05, 3.63) is 87.5 Å². The summed E-state index contributed by atoms with van der Waals surface area (Å²) in [6.07, 6.45) is 0. The molecular formula is C19H16N2O3. The first-order valence-corrected chi connectivity index (χ1v) is 7.55. The molecule has 24 heavy (non-hydrogen) atoms. The Morgan fingerprint density at radius 1 is 1.04 bits per heavy atom. The molecule has 0 aliphatic rings. The average molecular weight is 320 g/mol. The molecule has 1 amide bonds. The van der Waals surface area contributed by atoms with E-state index in [9.17, 15) is 14.9 Å². The van der Waals surface area contributed by atoms with E-state index in [0.717, 1.165) is 16.3 Å². The van der Waals surface area contributed by atoms with Gasteiger partial charge in [-0.2, -0.15) is 0 Å². The lowest BCUT2D eigenvalue weighted by Gasteiger charge is -2.17. The van der Waals surface area contributed by atoms with E-state index in [0.29, 0.717) is 5.56 Å². The van der Waals surface area contributed by atoms with Crippen LogP contribution < -0.4 is 5.73 Å². The van der Waals surface area contributed by atoms with Crippen LogP contribution in [-0.2, 0) is 0 Å². The van der Waals surface area contributed by atoms with Crippen LogP contribution >= 0.6 is 0 Å². The van der Waals surface area contributed by atoms with Crippen LogP contribution in [0.3, 0.4) is 0 Å². The van der Waals surface area contributed by atoms with E-state index in [-0.39, 0.29) is 17.2 Å². The van der Waals surface area contributed by atoms with E-state index in [4.69, 9.17) is 5.73 Å². The van der Waals surface area contributed by atoms with E-state index in [1.165, 1.54) is 12.1 Å². The first kappa shape index (κ1) is 15.7. The number of carbonyl (C=O) groups excluding carboxylic acids is 1. The Kier molecular flexibility index (Phi) is 4.00. The Morgan fingerprint density at radius 3 is 2.46 bits per heavy atom. The number of benzene rings is 3. The normalized spacial score (nSPS) is 12.0. The maximum Gasteiger partial charge on any atom is 0.270 e. The van der Waals surface area contributed by atoms with E-state index >= 15 is 0 Å². The van der Waals surface area contributed by atoms with Crippen LogP contribution in [0.25, 0.3) is 10.8 Å². The smallest absolute Gasteiger partial charge is 0.270 e. The monoisotopic (exact) mass is 320 g/mol. The molecule has 120 valence electrons. The van der Waals surface area contributed by atoms with Gasteiger partial charge in [0.2, 0.25) is 5.91 Å². The van der Waals surface area contributed by atoms with Crippen LogP contribution in [-0.4, -0.2) is 10.8 Å². The third-order valence-corrected chi connectivity index (χ3v) is 4.27. The van der Waals surface area contributed by atoms with Gasteiger partial charge in [0.25, 0.3) is 5.69 Å². The minimum absolute atomic E-state index is 0.126. The first-order valence-electron chi connectivity index (χ1n) is 7.55. The summed E-state index contributed by atoms with van der Waals surface area (Å²) in [6, 6.07) is 18.2. The first-order chi connectivity index (χ1) is 11.5. The molecule has 3 aromatic carbocycles. The Bertz CT molecular complexity index is 945. The molecule has 3 rings (SSSR count). The van der Waals surface area contributed by atoms with Gasteiger partial charge in [-0.3, -0.25) is 14.9 Å². The number of hydrogen-bond acceptors (Lipinski definition) is 3. The van der Waals surface area contributed by atoms with Crippen LogP contribution in [0.1, 0.15) is 34.3 Å². The fraction of sp³-hybridized carbons (Fsp3) is 0.105. The molecule has 0 aliphatic heterocycles. The van der Waals surface area contributed by atoms with E-state index in [1.807, 2.05) is 49.4 Å². The number of amides is 1. The van der Waals surface area contributed by atoms with E-state index in [2.05, 4.69) is 0 Å². The number of non-ortho nitro benzene ring substituents is 1. The number of nitrogens with zero attached hydrogens (tertiary/aromatic N) is 1. The lowest BCUT2D eigenvalue weighted by Crippen LogP contribution is -2.15. The maximum atomic E-state index is 11.8. The lowest BCUT2D eigenvalue weighted by molar-refractivity contribution is -0.384. The van der Waals surface area contributed by atoms with Crippen molar-refractivity contribution >= 4 is 22.4 Å². The highest BCUT2D eigenvalue weighted by molar-refractivity contribution is 5.96. The van der Waals surface area contributed by atoms with Gasteiger partial charge in [-0.1, -0.05) is 55.5 Å². The molecule has 0 fully saturated rings. The molecule has 3 aromatic rings. The predicted molar refractivity (Wildman–Crippen MR) is 93.1 cm³/mol. The van der Waals surface area contributed by atoms with Crippen LogP contribution in [0.4, 0.5) is 5.69 Å². The third kappa shape index (κ3) is 2.72. The highest BCUT2D eigenvalue weighted by atomic mass is 16.6. The summed E-state index contributed by atoms with van der Waals surface area (Å²) >= 11 is 0. The largest absolute Gasteiger partial charge is 0.366 e. The number of fused-ring (bicyclic) bond motifs is 1. The molecule has 0 radical (unpaired) electrons. The van der Waals surface area contributed by atoms with Crippen molar-refractivity contribution in [2.45, 2.75) is 12.8 Å².